The fourth-order valence-electron chi connectivity index (χ4n) is 2.57. The Morgan fingerprint density at radius 2 is 2.29 bits per heavy atom. The van der Waals surface area contributed by atoms with Crippen LogP contribution < -0.4 is 5.32 Å². The van der Waals surface area contributed by atoms with Crippen LogP contribution in [-0.2, 0) is 6.54 Å². The van der Waals surface area contributed by atoms with Crippen molar-refractivity contribution in [2.45, 2.75) is 45.2 Å². The Kier molecular flexibility index (Phi) is 5.01. The highest BCUT2D eigenvalue weighted by Crippen LogP contribution is 2.17. The number of nitrogens with zero attached hydrogens (tertiary/aromatic N) is 1. The Bertz CT molecular complexity index is 335. The van der Waals surface area contributed by atoms with E-state index in [0.29, 0.717) is 0 Å². The molecular formula is C14H24N2S. The van der Waals surface area contributed by atoms with Gasteiger partial charge >= 0.3 is 0 Å². The first-order valence-corrected chi connectivity index (χ1v) is 7.64. The number of thiophene rings is 1. The summed E-state index contributed by atoms with van der Waals surface area (Å²) in [4.78, 5) is 2.53. The second kappa shape index (κ2) is 6.53. The smallest absolute Gasteiger partial charge is 0.0216 e. The second-order valence-electron chi connectivity index (χ2n) is 5.18. The second-order valence-corrected chi connectivity index (χ2v) is 5.92. The molecule has 0 aromatic carbocycles. The van der Waals surface area contributed by atoms with Gasteiger partial charge in [0.05, 0.1) is 0 Å². The van der Waals surface area contributed by atoms with Crippen LogP contribution in [0.4, 0.5) is 0 Å². The van der Waals surface area contributed by atoms with Crippen molar-refractivity contribution in [2.24, 2.45) is 0 Å². The van der Waals surface area contributed by atoms with Crippen molar-refractivity contribution >= 4 is 11.3 Å². The van der Waals surface area contributed by atoms with Crippen LogP contribution in [0.1, 0.15) is 36.8 Å². The van der Waals surface area contributed by atoms with Gasteiger partial charge in [-0.3, -0.25) is 0 Å². The molecule has 0 radical (unpaired) electrons. The SMILES string of the molecule is Cc1cscc1CNCCC1CCCCN1C. The van der Waals surface area contributed by atoms with Gasteiger partial charge in [0.15, 0.2) is 0 Å². The minimum absolute atomic E-state index is 0.805. The average Bonchev–Trinajstić information content (AvgIpc) is 2.73. The maximum Gasteiger partial charge on any atom is 0.0216 e. The molecule has 1 N–H and O–H groups in total. The summed E-state index contributed by atoms with van der Waals surface area (Å²) in [5.41, 5.74) is 2.89. The van der Waals surface area contributed by atoms with Crippen LogP contribution in [0, 0.1) is 6.92 Å². The summed E-state index contributed by atoms with van der Waals surface area (Å²) in [7, 11) is 2.27. The van der Waals surface area contributed by atoms with Crippen molar-refractivity contribution in [1.82, 2.24) is 10.2 Å². The molecule has 0 bridgehead atoms. The molecule has 1 aromatic heterocycles. The first-order valence-electron chi connectivity index (χ1n) is 6.70. The van der Waals surface area contributed by atoms with Crippen LogP contribution in [0.2, 0.25) is 0 Å². The highest BCUT2D eigenvalue weighted by Gasteiger charge is 2.17. The van der Waals surface area contributed by atoms with Crippen molar-refractivity contribution < 1.29 is 0 Å². The van der Waals surface area contributed by atoms with Gasteiger partial charge in [-0.15, -0.1) is 0 Å². The van der Waals surface area contributed by atoms with E-state index in [0.717, 1.165) is 19.1 Å². The van der Waals surface area contributed by atoms with E-state index in [1.54, 1.807) is 11.3 Å². The molecule has 17 heavy (non-hydrogen) atoms. The van der Waals surface area contributed by atoms with Gasteiger partial charge in [0.25, 0.3) is 0 Å². The molecule has 1 aromatic rings. The van der Waals surface area contributed by atoms with Gasteiger partial charge in [0, 0.05) is 12.6 Å². The van der Waals surface area contributed by atoms with Crippen molar-refractivity contribution in [3.8, 4) is 0 Å². The van der Waals surface area contributed by atoms with E-state index in [-0.39, 0.29) is 0 Å². The minimum Gasteiger partial charge on any atom is -0.313 e. The largest absolute Gasteiger partial charge is 0.313 e. The zero-order valence-electron chi connectivity index (χ0n) is 11.0. The molecular weight excluding hydrogens is 228 g/mol. The Hall–Kier alpha value is -0.380. The van der Waals surface area contributed by atoms with Gasteiger partial charge in [0.1, 0.15) is 0 Å². The summed E-state index contributed by atoms with van der Waals surface area (Å²) in [6.45, 7) is 5.66. The predicted octanol–water partition coefficient (Wildman–Crippen LogP) is 3.02. The van der Waals surface area contributed by atoms with Gasteiger partial charge in [-0.25, -0.2) is 0 Å². The molecule has 1 saturated heterocycles. The normalized spacial score (nSPS) is 21.9. The summed E-state index contributed by atoms with van der Waals surface area (Å²) >= 11 is 1.80. The van der Waals surface area contributed by atoms with Crippen LogP contribution in [0.25, 0.3) is 0 Å². The Morgan fingerprint density at radius 3 is 3.00 bits per heavy atom. The topological polar surface area (TPSA) is 15.3 Å². The van der Waals surface area contributed by atoms with Gasteiger partial charge in [-0.05, 0) is 68.2 Å². The Labute approximate surface area is 109 Å². The molecule has 3 heteroatoms. The van der Waals surface area contributed by atoms with E-state index in [9.17, 15) is 0 Å². The first-order chi connectivity index (χ1) is 8.27. The van der Waals surface area contributed by atoms with Crippen molar-refractivity contribution in [2.75, 3.05) is 20.1 Å². The number of likely N-dealkylation sites (tertiary alicyclic amines) is 1. The highest BCUT2D eigenvalue weighted by atomic mass is 32.1. The number of rotatable bonds is 5. The zero-order chi connectivity index (χ0) is 12.1. The van der Waals surface area contributed by atoms with E-state index in [4.69, 9.17) is 0 Å². The van der Waals surface area contributed by atoms with E-state index in [2.05, 4.69) is 34.9 Å². The number of piperidine rings is 1. The third kappa shape index (κ3) is 3.80. The molecule has 0 aliphatic carbocycles. The first kappa shape index (κ1) is 13.1. The van der Waals surface area contributed by atoms with Gasteiger partial charge in [-0.2, -0.15) is 11.3 Å². The maximum atomic E-state index is 3.58. The van der Waals surface area contributed by atoms with E-state index < -0.39 is 0 Å². The molecule has 2 nitrogen and oxygen atoms in total. The van der Waals surface area contributed by atoms with Gasteiger partial charge in [0.2, 0.25) is 0 Å². The number of hydrogen-bond donors (Lipinski definition) is 1. The summed E-state index contributed by atoms with van der Waals surface area (Å²) in [5.74, 6) is 0. The van der Waals surface area contributed by atoms with E-state index >= 15 is 0 Å². The maximum absolute atomic E-state index is 3.58. The zero-order valence-corrected chi connectivity index (χ0v) is 11.9. The summed E-state index contributed by atoms with van der Waals surface area (Å²) in [6.07, 6.45) is 5.47. The minimum atomic E-state index is 0.805. The molecule has 1 fully saturated rings. The molecule has 0 spiro atoms. The summed E-state index contributed by atoms with van der Waals surface area (Å²) in [6, 6.07) is 0.805. The van der Waals surface area contributed by atoms with Crippen LogP contribution in [0.15, 0.2) is 10.8 Å². The molecule has 1 unspecified atom stereocenters. The van der Waals surface area contributed by atoms with Crippen molar-refractivity contribution in [3.05, 3.63) is 21.9 Å². The Morgan fingerprint density at radius 1 is 1.41 bits per heavy atom. The summed E-state index contributed by atoms with van der Waals surface area (Å²) in [5, 5.41) is 8.06. The molecule has 96 valence electrons. The monoisotopic (exact) mass is 252 g/mol. The van der Waals surface area contributed by atoms with Gasteiger partial charge in [-0.1, -0.05) is 6.42 Å². The van der Waals surface area contributed by atoms with Crippen molar-refractivity contribution in [3.63, 3.8) is 0 Å². The molecule has 0 amide bonds. The van der Waals surface area contributed by atoms with Crippen LogP contribution in [0.5, 0.6) is 0 Å². The number of nitrogens with one attached hydrogen (secondary N) is 1. The fourth-order valence-corrected chi connectivity index (χ4v) is 3.43. The third-order valence-electron chi connectivity index (χ3n) is 3.85. The molecule has 2 rings (SSSR count). The standard InChI is InChI=1S/C14H24N2S/c1-12-10-17-11-13(12)9-15-7-6-14-5-3-4-8-16(14)2/h10-11,14-15H,3-9H2,1-2H3. The molecule has 1 atom stereocenters. The molecule has 2 heterocycles. The predicted molar refractivity (Wildman–Crippen MR) is 75.6 cm³/mol. The highest BCUT2D eigenvalue weighted by molar-refractivity contribution is 7.08. The molecule has 0 saturated carbocycles. The fraction of sp³-hybridized carbons (Fsp3) is 0.714. The van der Waals surface area contributed by atoms with Crippen LogP contribution in [0.3, 0.4) is 0 Å². The quantitative estimate of drug-likeness (QED) is 0.810. The average molecular weight is 252 g/mol. The van der Waals surface area contributed by atoms with Crippen LogP contribution in [-0.4, -0.2) is 31.1 Å². The lowest BCUT2D eigenvalue weighted by Gasteiger charge is -2.32. The third-order valence-corrected chi connectivity index (χ3v) is 4.76. The number of hydrogen-bond acceptors (Lipinski definition) is 3. The number of aryl methyl sites for hydroxylation is 1. The van der Waals surface area contributed by atoms with Gasteiger partial charge < -0.3 is 10.2 Å². The Balaban J connectivity index is 1.64. The van der Waals surface area contributed by atoms with Crippen molar-refractivity contribution in [1.29, 1.82) is 0 Å². The van der Waals surface area contributed by atoms with E-state index in [1.165, 1.54) is 43.4 Å². The lowest BCUT2D eigenvalue weighted by molar-refractivity contribution is 0.175. The van der Waals surface area contributed by atoms with Crippen LogP contribution >= 0.6 is 11.3 Å². The van der Waals surface area contributed by atoms with E-state index in [1.807, 2.05) is 0 Å². The summed E-state index contributed by atoms with van der Waals surface area (Å²) < 4.78 is 0. The molecule has 1 aliphatic heterocycles. The molecule has 1 aliphatic rings. The lowest BCUT2D eigenvalue weighted by atomic mass is 10.0. The lowest BCUT2D eigenvalue weighted by Crippen LogP contribution is -2.38.